The van der Waals surface area contributed by atoms with Crippen LogP contribution in [0.25, 0.3) is 5.70 Å². The first-order chi connectivity index (χ1) is 8.67. The summed E-state index contributed by atoms with van der Waals surface area (Å²) in [6.45, 7) is 8.75. The average molecular weight is 243 g/mol. The summed E-state index contributed by atoms with van der Waals surface area (Å²) in [5.74, 6) is 0. The van der Waals surface area contributed by atoms with Crippen LogP contribution in [0.15, 0.2) is 48.1 Å². The second-order valence-corrected chi connectivity index (χ2v) is 4.73. The maximum atomic E-state index is 3.59. The van der Waals surface area contributed by atoms with Crippen LogP contribution in [-0.4, -0.2) is 6.04 Å². The molecule has 1 aromatic carbocycles. The van der Waals surface area contributed by atoms with E-state index in [0.717, 1.165) is 12.8 Å². The van der Waals surface area contributed by atoms with Gasteiger partial charge in [-0.25, -0.2) is 0 Å². The fraction of sp³-hybridized carbons (Fsp3) is 0.412. The van der Waals surface area contributed by atoms with Gasteiger partial charge in [-0.1, -0.05) is 55.8 Å². The van der Waals surface area contributed by atoms with Crippen LogP contribution in [0, 0.1) is 0 Å². The van der Waals surface area contributed by atoms with Gasteiger partial charge in [-0.2, -0.15) is 0 Å². The molecule has 0 unspecified atom stereocenters. The average Bonchev–Trinajstić information content (AvgIpc) is 2.39. The van der Waals surface area contributed by atoms with Crippen molar-refractivity contribution in [2.24, 2.45) is 0 Å². The Hall–Kier alpha value is -1.50. The van der Waals surface area contributed by atoms with Gasteiger partial charge in [0.15, 0.2) is 0 Å². The molecule has 0 spiro atoms. The van der Waals surface area contributed by atoms with E-state index >= 15 is 0 Å². The van der Waals surface area contributed by atoms with Crippen molar-refractivity contribution in [2.45, 2.75) is 46.6 Å². The maximum absolute atomic E-state index is 3.59. The minimum atomic E-state index is 0.492. The van der Waals surface area contributed by atoms with E-state index in [1.807, 2.05) is 0 Å². The topological polar surface area (TPSA) is 12.0 Å². The highest BCUT2D eigenvalue weighted by Gasteiger charge is 2.04. The molecule has 0 aliphatic rings. The Bertz CT molecular complexity index is 401. The number of allylic oxidation sites excluding steroid dienone is 3. The SMILES string of the molecule is CC/C=C(C)\C=C(/N[C@H](C)CC)c1ccccc1. The standard InChI is InChI=1S/C17H25N/c1-5-10-14(3)13-17(18-15(4)6-2)16-11-8-7-9-12-16/h7-13,15,18H,5-6H2,1-4H3/b14-10-,17-13-/t15-/m1/s1. The van der Waals surface area contributed by atoms with Gasteiger partial charge in [0.2, 0.25) is 0 Å². The molecule has 1 N–H and O–H groups in total. The highest BCUT2D eigenvalue weighted by Crippen LogP contribution is 2.15. The molecule has 1 rings (SSSR count). The third-order valence-electron chi connectivity index (χ3n) is 3.00. The number of benzene rings is 1. The lowest BCUT2D eigenvalue weighted by Crippen LogP contribution is -2.23. The van der Waals surface area contributed by atoms with Crippen molar-refractivity contribution in [1.82, 2.24) is 5.32 Å². The molecule has 0 aliphatic carbocycles. The van der Waals surface area contributed by atoms with Crippen LogP contribution in [-0.2, 0) is 0 Å². The summed E-state index contributed by atoms with van der Waals surface area (Å²) >= 11 is 0. The van der Waals surface area contributed by atoms with Gasteiger partial charge in [0, 0.05) is 11.7 Å². The lowest BCUT2D eigenvalue weighted by molar-refractivity contribution is 0.630. The Morgan fingerprint density at radius 3 is 2.44 bits per heavy atom. The molecule has 0 aliphatic heterocycles. The maximum Gasteiger partial charge on any atom is 0.0418 e. The Balaban J connectivity index is 2.99. The molecule has 0 saturated heterocycles. The lowest BCUT2D eigenvalue weighted by Gasteiger charge is -2.17. The summed E-state index contributed by atoms with van der Waals surface area (Å²) in [4.78, 5) is 0. The lowest BCUT2D eigenvalue weighted by atomic mass is 10.1. The second kappa shape index (κ2) is 7.75. The van der Waals surface area contributed by atoms with Gasteiger partial charge in [0.05, 0.1) is 0 Å². The molecule has 1 atom stereocenters. The predicted molar refractivity (Wildman–Crippen MR) is 81.4 cm³/mol. The second-order valence-electron chi connectivity index (χ2n) is 4.73. The highest BCUT2D eigenvalue weighted by atomic mass is 14.9. The van der Waals surface area contributed by atoms with E-state index in [9.17, 15) is 0 Å². The highest BCUT2D eigenvalue weighted by molar-refractivity contribution is 5.66. The van der Waals surface area contributed by atoms with E-state index in [2.05, 4.69) is 75.5 Å². The van der Waals surface area contributed by atoms with Gasteiger partial charge in [0.1, 0.15) is 0 Å². The molecule has 0 radical (unpaired) electrons. The van der Waals surface area contributed by atoms with Crippen molar-refractivity contribution in [2.75, 3.05) is 0 Å². The summed E-state index contributed by atoms with van der Waals surface area (Å²) in [6.07, 6.45) is 6.70. The van der Waals surface area contributed by atoms with Crippen LogP contribution in [0.2, 0.25) is 0 Å². The van der Waals surface area contributed by atoms with Gasteiger partial charge < -0.3 is 5.32 Å². The Morgan fingerprint density at radius 1 is 1.22 bits per heavy atom. The van der Waals surface area contributed by atoms with Gasteiger partial charge >= 0.3 is 0 Å². The van der Waals surface area contributed by atoms with Crippen LogP contribution < -0.4 is 5.32 Å². The van der Waals surface area contributed by atoms with E-state index in [1.54, 1.807) is 0 Å². The van der Waals surface area contributed by atoms with Crippen LogP contribution in [0.1, 0.15) is 46.1 Å². The van der Waals surface area contributed by atoms with E-state index in [0.29, 0.717) is 6.04 Å². The quantitative estimate of drug-likeness (QED) is 0.709. The number of hydrogen-bond acceptors (Lipinski definition) is 1. The molecule has 1 heteroatoms. The number of rotatable bonds is 6. The van der Waals surface area contributed by atoms with E-state index < -0.39 is 0 Å². The van der Waals surface area contributed by atoms with Crippen LogP contribution in [0.5, 0.6) is 0 Å². The molecule has 98 valence electrons. The zero-order valence-corrected chi connectivity index (χ0v) is 12.0. The molecule has 0 aromatic heterocycles. The Labute approximate surface area is 112 Å². The predicted octanol–water partition coefficient (Wildman–Crippen LogP) is 4.77. The fourth-order valence-corrected chi connectivity index (χ4v) is 1.80. The Morgan fingerprint density at radius 2 is 1.89 bits per heavy atom. The first-order valence-corrected chi connectivity index (χ1v) is 6.87. The summed E-state index contributed by atoms with van der Waals surface area (Å²) in [6, 6.07) is 11.0. The summed E-state index contributed by atoms with van der Waals surface area (Å²) in [7, 11) is 0. The van der Waals surface area contributed by atoms with Crippen LogP contribution in [0.3, 0.4) is 0 Å². The first kappa shape index (κ1) is 14.6. The fourth-order valence-electron chi connectivity index (χ4n) is 1.80. The zero-order chi connectivity index (χ0) is 13.4. The third kappa shape index (κ3) is 4.79. The molecule has 0 saturated carbocycles. The van der Waals surface area contributed by atoms with E-state index in [1.165, 1.54) is 16.8 Å². The van der Waals surface area contributed by atoms with E-state index in [4.69, 9.17) is 0 Å². The van der Waals surface area contributed by atoms with Crippen molar-refractivity contribution >= 4 is 5.70 Å². The monoisotopic (exact) mass is 243 g/mol. The normalized spacial score (nSPS) is 14.4. The third-order valence-corrected chi connectivity index (χ3v) is 3.00. The molecular weight excluding hydrogens is 218 g/mol. The smallest absolute Gasteiger partial charge is 0.0418 e. The van der Waals surface area contributed by atoms with Crippen LogP contribution in [0.4, 0.5) is 0 Å². The van der Waals surface area contributed by atoms with Gasteiger partial charge in [-0.3, -0.25) is 0 Å². The molecule has 0 amide bonds. The molecule has 1 aromatic rings. The minimum absolute atomic E-state index is 0.492. The first-order valence-electron chi connectivity index (χ1n) is 6.87. The number of hydrogen-bond donors (Lipinski definition) is 1. The summed E-state index contributed by atoms with van der Waals surface area (Å²) < 4.78 is 0. The van der Waals surface area contributed by atoms with Crippen molar-refractivity contribution in [1.29, 1.82) is 0 Å². The van der Waals surface area contributed by atoms with Gasteiger partial charge in [-0.05, 0) is 38.3 Å². The van der Waals surface area contributed by atoms with Crippen molar-refractivity contribution in [3.8, 4) is 0 Å². The van der Waals surface area contributed by atoms with Crippen molar-refractivity contribution in [3.63, 3.8) is 0 Å². The molecule has 18 heavy (non-hydrogen) atoms. The van der Waals surface area contributed by atoms with Gasteiger partial charge in [0.25, 0.3) is 0 Å². The number of nitrogens with one attached hydrogen (secondary N) is 1. The van der Waals surface area contributed by atoms with Crippen molar-refractivity contribution in [3.05, 3.63) is 53.6 Å². The zero-order valence-electron chi connectivity index (χ0n) is 12.0. The summed E-state index contributed by atoms with van der Waals surface area (Å²) in [5, 5.41) is 3.59. The largest absolute Gasteiger partial charge is 0.382 e. The van der Waals surface area contributed by atoms with Crippen molar-refractivity contribution < 1.29 is 0 Å². The molecule has 0 bridgehead atoms. The molecule has 1 nitrogen and oxygen atoms in total. The molecule has 0 fully saturated rings. The minimum Gasteiger partial charge on any atom is -0.382 e. The van der Waals surface area contributed by atoms with E-state index in [-0.39, 0.29) is 0 Å². The summed E-state index contributed by atoms with van der Waals surface area (Å²) in [5.41, 5.74) is 3.78. The molecular formula is C17H25N. The van der Waals surface area contributed by atoms with Gasteiger partial charge in [-0.15, -0.1) is 0 Å². The molecule has 0 heterocycles. The Kier molecular flexibility index (Phi) is 6.27. The van der Waals surface area contributed by atoms with Crippen LogP contribution >= 0.6 is 0 Å².